The highest BCUT2D eigenvalue weighted by Crippen LogP contribution is 2.29. The van der Waals surface area contributed by atoms with Crippen LogP contribution in [0.5, 0.6) is 0 Å². The van der Waals surface area contributed by atoms with Gasteiger partial charge >= 0.3 is 0 Å². The fourth-order valence-electron chi connectivity index (χ4n) is 2.61. The lowest BCUT2D eigenvalue weighted by atomic mass is 9.97. The van der Waals surface area contributed by atoms with Gasteiger partial charge in [-0.3, -0.25) is 4.79 Å². The predicted molar refractivity (Wildman–Crippen MR) is 81.2 cm³/mol. The van der Waals surface area contributed by atoms with E-state index in [1.165, 1.54) is 0 Å². The van der Waals surface area contributed by atoms with Crippen molar-refractivity contribution in [3.8, 4) is 0 Å². The lowest BCUT2D eigenvalue weighted by Gasteiger charge is -2.28. The summed E-state index contributed by atoms with van der Waals surface area (Å²) >= 11 is 5.97. The van der Waals surface area contributed by atoms with Crippen molar-refractivity contribution in [2.75, 3.05) is 6.54 Å². The molecule has 1 aliphatic rings. The predicted octanol–water partition coefficient (Wildman–Crippen LogP) is 3.07. The van der Waals surface area contributed by atoms with Crippen molar-refractivity contribution in [2.45, 2.75) is 38.1 Å². The molecular formula is C14H20Cl2N2O. The van der Waals surface area contributed by atoms with E-state index in [2.05, 4.69) is 5.32 Å². The van der Waals surface area contributed by atoms with Crippen molar-refractivity contribution < 1.29 is 4.79 Å². The summed E-state index contributed by atoms with van der Waals surface area (Å²) in [4.78, 5) is 12.2. The highest BCUT2D eigenvalue weighted by molar-refractivity contribution is 6.31. The number of carbonyl (C=O) groups is 1. The second kappa shape index (κ2) is 6.60. The number of amides is 1. The fraction of sp³-hybridized carbons (Fsp3) is 0.500. The van der Waals surface area contributed by atoms with Gasteiger partial charge in [0.1, 0.15) is 0 Å². The van der Waals surface area contributed by atoms with E-state index >= 15 is 0 Å². The van der Waals surface area contributed by atoms with Gasteiger partial charge in [0.05, 0.1) is 5.54 Å². The summed E-state index contributed by atoms with van der Waals surface area (Å²) in [6, 6.07) is 5.38. The van der Waals surface area contributed by atoms with Crippen LogP contribution in [0.15, 0.2) is 18.2 Å². The number of hydrogen-bond acceptors (Lipinski definition) is 2. The van der Waals surface area contributed by atoms with E-state index in [0.29, 0.717) is 17.1 Å². The van der Waals surface area contributed by atoms with Gasteiger partial charge in [-0.25, -0.2) is 0 Å². The Morgan fingerprint density at radius 2 is 2.00 bits per heavy atom. The number of rotatable bonds is 3. The van der Waals surface area contributed by atoms with Crippen LogP contribution in [0, 0.1) is 6.92 Å². The van der Waals surface area contributed by atoms with Gasteiger partial charge in [-0.05, 0) is 43.5 Å². The molecule has 106 valence electrons. The van der Waals surface area contributed by atoms with E-state index in [0.717, 1.165) is 31.2 Å². The molecule has 0 unspecified atom stereocenters. The van der Waals surface area contributed by atoms with Crippen LogP contribution in [0.3, 0.4) is 0 Å². The van der Waals surface area contributed by atoms with Crippen LogP contribution in [-0.4, -0.2) is 18.0 Å². The Morgan fingerprint density at radius 1 is 1.37 bits per heavy atom. The van der Waals surface area contributed by atoms with E-state index in [9.17, 15) is 4.79 Å². The van der Waals surface area contributed by atoms with Crippen LogP contribution in [0.25, 0.3) is 0 Å². The Kier molecular flexibility index (Phi) is 5.65. The van der Waals surface area contributed by atoms with E-state index in [1.807, 2.05) is 19.1 Å². The zero-order chi connectivity index (χ0) is 13.2. The number of benzene rings is 1. The largest absolute Gasteiger partial charge is 0.345 e. The Hall–Kier alpha value is -0.770. The molecule has 2 rings (SSSR count). The average molecular weight is 303 g/mol. The Morgan fingerprint density at radius 3 is 2.53 bits per heavy atom. The van der Waals surface area contributed by atoms with E-state index in [4.69, 9.17) is 17.3 Å². The van der Waals surface area contributed by atoms with Gasteiger partial charge in [0.25, 0.3) is 5.91 Å². The number of carbonyl (C=O) groups excluding carboxylic acids is 1. The summed E-state index contributed by atoms with van der Waals surface area (Å²) in [5.41, 5.74) is 7.20. The maximum Gasteiger partial charge on any atom is 0.251 e. The summed E-state index contributed by atoms with van der Waals surface area (Å²) in [6.45, 7) is 2.43. The molecule has 0 spiro atoms. The zero-order valence-electron chi connectivity index (χ0n) is 11.0. The lowest BCUT2D eigenvalue weighted by Crippen LogP contribution is -2.51. The molecule has 0 aromatic heterocycles. The molecule has 1 aromatic carbocycles. The average Bonchev–Trinajstić information content (AvgIpc) is 2.77. The van der Waals surface area contributed by atoms with Crippen molar-refractivity contribution in [1.29, 1.82) is 0 Å². The van der Waals surface area contributed by atoms with Gasteiger partial charge in [-0.1, -0.05) is 24.4 Å². The van der Waals surface area contributed by atoms with Crippen LogP contribution in [0.1, 0.15) is 41.6 Å². The maximum atomic E-state index is 12.2. The van der Waals surface area contributed by atoms with Crippen LogP contribution in [0.4, 0.5) is 0 Å². The first-order chi connectivity index (χ1) is 8.54. The minimum Gasteiger partial charge on any atom is -0.345 e. The zero-order valence-corrected chi connectivity index (χ0v) is 12.6. The molecule has 0 radical (unpaired) electrons. The highest BCUT2D eigenvalue weighted by atomic mass is 35.5. The van der Waals surface area contributed by atoms with Gasteiger partial charge in [0.15, 0.2) is 0 Å². The molecule has 0 aliphatic heterocycles. The molecular weight excluding hydrogens is 283 g/mol. The van der Waals surface area contributed by atoms with Crippen LogP contribution in [0.2, 0.25) is 5.02 Å². The maximum absolute atomic E-state index is 12.2. The van der Waals surface area contributed by atoms with Crippen molar-refractivity contribution in [3.63, 3.8) is 0 Å². The summed E-state index contributed by atoms with van der Waals surface area (Å²) in [5, 5.41) is 3.68. The quantitative estimate of drug-likeness (QED) is 0.901. The SMILES string of the molecule is Cc1cc(Cl)cc(C(=O)NC2(CN)CCCC2)c1.Cl. The smallest absolute Gasteiger partial charge is 0.251 e. The van der Waals surface area contributed by atoms with Gasteiger partial charge in [-0.2, -0.15) is 0 Å². The molecule has 1 amide bonds. The lowest BCUT2D eigenvalue weighted by molar-refractivity contribution is 0.0903. The molecule has 1 aliphatic carbocycles. The Bertz CT molecular complexity index is 437. The Balaban J connectivity index is 0.00000180. The van der Waals surface area contributed by atoms with Crippen molar-refractivity contribution in [1.82, 2.24) is 5.32 Å². The first-order valence-electron chi connectivity index (χ1n) is 6.34. The van der Waals surface area contributed by atoms with Gasteiger partial charge in [0.2, 0.25) is 0 Å². The number of aryl methyl sites for hydroxylation is 1. The molecule has 0 atom stereocenters. The normalized spacial score (nSPS) is 16.8. The molecule has 0 saturated heterocycles. The minimum atomic E-state index is -0.215. The molecule has 0 bridgehead atoms. The summed E-state index contributed by atoms with van der Waals surface area (Å²) < 4.78 is 0. The highest BCUT2D eigenvalue weighted by Gasteiger charge is 2.34. The van der Waals surface area contributed by atoms with E-state index in [-0.39, 0.29) is 23.9 Å². The van der Waals surface area contributed by atoms with Gasteiger partial charge < -0.3 is 11.1 Å². The molecule has 5 heteroatoms. The number of nitrogens with two attached hydrogens (primary N) is 1. The third-order valence-electron chi connectivity index (χ3n) is 3.63. The second-order valence-electron chi connectivity index (χ2n) is 5.16. The fourth-order valence-corrected chi connectivity index (χ4v) is 2.90. The Labute approximate surface area is 125 Å². The van der Waals surface area contributed by atoms with E-state index < -0.39 is 0 Å². The third kappa shape index (κ3) is 3.85. The molecule has 1 fully saturated rings. The van der Waals surface area contributed by atoms with E-state index in [1.54, 1.807) is 6.07 Å². The number of nitrogens with one attached hydrogen (secondary N) is 1. The van der Waals surface area contributed by atoms with Crippen LogP contribution in [-0.2, 0) is 0 Å². The first-order valence-corrected chi connectivity index (χ1v) is 6.72. The van der Waals surface area contributed by atoms with Gasteiger partial charge in [0, 0.05) is 17.1 Å². The molecule has 3 N–H and O–H groups in total. The summed E-state index contributed by atoms with van der Waals surface area (Å²) in [7, 11) is 0. The monoisotopic (exact) mass is 302 g/mol. The van der Waals surface area contributed by atoms with Gasteiger partial charge in [-0.15, -0.1) is 12.4 Å². The summed E-state index contributed by atoms with van der Waals surface area (Å²) in [6.07, 6.45) is 4.20. The number of halogens is 2. The molecule has 1 saturated carbocycles. The van der Waals surface area contributed by atoms with Crippen molar-refractivity contribution >= 4 is 29.9 Å². The third-order valence-corrected chi connectivity index (χ3v) is 3.85. The number of hydrogen-bond donors (Lipinski definition) is 2. The van der Waals surface area contributed by atoms with Crippen LogP contribution >= 0.6 is 24.0 Å². The topological polar surface area (TPSA) is 55.1 Å². The van der Waals surface area contributed by atoms with Crippen molar-refractivity contribution in [3.05, 3.63) is 34.3 Å². The van der Waals surface area contributed by atoms with Crippen LogP contribution < -0.4 is 11.1 Å². The molecule has 1 aromatic rings. The summed E-state index contributed by atoms with van der Waals surface area (Å²) in [5.74, 6) is -0.0760. The molecule has 19 heavy (non-hydrogen) atoms. The molecule has 3 nitrogen and oxygen atoms in total. The minimum absolute atomic E-state index is 0. The standard InChI is InChI=1S/C14H19ClN2O.ClH/c1-10-6-11(8-12(15)7-10)13(18)17-14(9-16)4-2-3-5-14;/h6-8H,2-5,9,16H2,1H3,(H,17,18);1H. The van der Waals surface area contributed by atoms with Crippen molar-refractivity contribution in [2.24, 2.45) is 5.73 Å². The molecule has 0 heterocycles. The first kappa shape index (κ1) is 16.3. The second-order valence-corrected chi connectivity index (χ2v) is 5.60.